The van der Waals surface area contributed by atoms with Crippen molar-refractivity contribution in [2.45, 2.75) is 15.4 Å². The van der Waals surface area contributed by atoms with Crippen LogP contribution in [0.1, 0.15) is 6.92 Å². The van der Waals surface area contributed by atoms with E-state index in [0.29, 0.717) is 14.4 Å². The van der Waals surface area contributed by atoms with Crippen molar-refractivity contribution in [3.8, 4) is 11.5 Å². The molecule has 0 N–H and O–H groups in total. The van der Waals surface area contributed by atoms with E-state index in [0.717, 1.165) is 5.56 Å². The lowest BCUT2D eigenvalue weighted by atomic mass is 10.2. The largest absolute Gasteiger partial charge is 0.411 e. The molecule has 0 aliphatic carbocycles. The molecule has 2 rings (SSSR count). The van der Waals surface area contributed by atoms with E-state index in [9.17, 15) is 0 Å². The molecule has 78 valence electrons. The number of benzene rings is 1. The van der Waals surface area contributed by atoms with Crippen LogP contribution in [0.3, 0.4) is 0 Å². The zero-order valence-corrected chi connectivity index (χ0v) is 11.0. The molecule has 1 aromatic heterocycles. The fourth-order valence-corrected chi connectivity index (χ4v) is 2.24. The van der Waals surface area contributed by atoms with E-state index < -0.39 is 0 Å². The number of nitrogens with zero attached hydrogens (tertiary/aromatic N) is 2. The number of hydrogen-bond donors (Lipinski definition) is 0. The maximum Gasteiger partial charge on any atom is 0.277 e. The second kappa shape index (κ2) is 4.98. The third-order valence-corrected chi connectivity index (χ3v) is 3.14. The fourth-order valence-electron chi connectivity index (χ4n) is 1.09. The third-order valence-electron chi connectivity index (χ3n) is 1.69. The Hall–Kier alpha value is -0.560. The van der Waals surface area contributed by atoms with Gasteiger partial charge in [0.25, 0.3) is 5.22 Å². The molecule has 1 atom stereocenters. The van der Waals surface area contributed by atoms with Crippen LogP contribution in [0, 0.1) is 0 Å². The van der Waals surface area contributed by atoms with Crippen LogP contribution in [0.2, 0.25) is 0 Å². The lowest BCUT2D eigenvalue weighted by Crippen LogP contribution is -1.79. The predicted octanol–water partition coefficient (Wildman–Crippen LogP) is 3.61. The number of hydrogen-bond acceptors (Lipinski definition) is 4. The summed E-state index contributed by atoms with van der Waals surface area (Å²) in [5, 5.41) is 8.59. The lowest BCUT2D eigenvalue weighted by Gasteiger charge is -1.95. The Morgan fingerprint density at radius 2 is 2.00 bits per heavy atom. The number of aromatic nitrogens is 2. The fraction of sp³-hybridized carbons (Fsp3) is 0.200. The van der Waals surface area contributed by atoms with Gasteiger partial charge in [-0.05, 0) is 19.1 Å². The summed E-state index contributed by atoms with van der Waals surface area (Å²) >= 11 is 3.87. The molecule has 5 heteroatoms. The molecule has 1 aromatic carbocycles. The third kappa shape index (κ3) is 2.94. The summed E-state index contributed by atoms with van der Waals surface area (Å²) in [7, 11) is 0. The number of thioether (sulfide) groups is 1. The number of rotatable bonds is 3. The Labute approximate surface area is 106 Å². The van der Waals surface area contributed by atoms with Gasteiger partial charge in [-0.3, -0.25) is 0 Å². The van der Waals surface area contributed by atoms with Gasteiger partial charge in [0.1, 0.15) is 0 Å². The van der Waals surface area contributed by atoms with Gasteiger partial charge >= 0.3 is 0 Å². The summed E-state index contributed by atoms with van der Waals surface area (Å²) in [4.78, 5) is 0. The Morgan fingerprint density at radius 3 is 2.67 bits per heavy atom. The standard InChI is InChI=1S/C10H9IN2OS/c1-7(11)15-10-13-12-9(14-10)8-5-3-2-4-6-8/h2-7H,1H3. The highest BCUT2D eigenvalue weighted by molar-refractivity contribution is 14.1. The first kappa shape index (κ1) is 10.9. The smallest absolute Gasteiger partial charge is 0.277 e. The first-order chi connectivity index (χ1) is 7.25. The zero-order chi connectivity index (χ0) is 10.7. The highest BCUT2D eigenvalue weighted by atomic mass is 127. The summed E-state index contributed by atoms with van der Waals surface area (Å²) in [6.07, 6.45) is 0. The Balaban J connectivity index is 2.21. The van der Waals surface area contributed by atoms with Crippen molar-refractivity contribution in [2.75, 3.05) is 0 Å². The van der Waals surface area contributed by atoms with Crippen LogP contribution in [0.5, 0.6) is 0 Å². The van der Waals surface area contributed by atoms with Gasteiger partial charge in [-0.1, -0.05) is 52.6 Å². The first-order valence-electron chi connectivity index (χ1n) is 4.45. The van der Waals surface area contributed by atoms with Crippen molar-refractivity contribution in [3.63, 3.8) is 0 Å². The van der Waals surface area contributed by atoms with Gasteiger partial charge < -0.3 is 4.42 Å². The lowest BCUT2D eigenvalue weighted by molar-refractivity contribution is 0.466. The summed E-state index contributed by atoms with van der Waals surface area (Å²) in [6.45, 7) is 2.08. The van der Waals surface area contributed by atoms with Crippen LogP contribution in [-0.4, -0.2) is 13.5 Å². The summed E-state index contributed by atoms with van der Waals surface area (Å²) in [5.74, 6) is 0.579. The average molecular weight is 332 g/mol. The summed E-state index contributed by atoms with van der Waals surface area (Å²) in [6, 6.07) is 9.77. The Kier molecular flexibility index (Phi) is 3.63. The van der Waals surface area contributed by atoms with Gasteiger partial charge in [-0.25, -0.2) is 0 Å². The zero-order valence-electron chi connectivity index (χ0n) is 8.05. The Morgan fingerprint density at radius 1 is 1.27 bits per heavy atom. The van der Waals surface area contributed by atoms with Gasteiger partial charge in [0.2, 0.25) is 5.89 Å². The minimum absolute atomic E-state index is 0.423. The molecule has 0 aliphatic heterocycles. The molecule has 0 spiro atoms. The number of alkyl halides is 1. The maximum atomic E-state index is 5.52. The highest BCUT2D eigenvalue weighted by Crippen LogP contribution is 2.28. The highest BCUT2D eigenvalue weighted by Gasteiger charge is 2.10. The molecule has 2 aromatic rings. The molecule has 0 aliphatic rings. The van der Waals surface area contributed by atoms with E-state index >= 15 is 0 Å². The summed E-state index contributed by atoms with van der Waals surface area (Å²) < 4.78 is 5.94. The number of halogens is 1. The van der Waals surface area contributed by atoms with E-state index in [-0.39, 0.29) is 0 Å². The SMILES string of the molecule is CC(I)Sc1nnc(-c2ccccc2)o1. The molecular formula is C10H9IN2OS. The average Bonchev–Trinajstić information content (AvgIpc) is 2.67. The van der Waals surface area contributed by atoms with Crippen molar-refractivity contribution in [3.05, 3.63) is 30.3 Å². The predicted molar refractivity (Wildman–Crippen MR) is 69.1 cm³/mol. The Bertz CT molecular complexity index is 430. The van der Waals surface area contributed by atoms with E-state index in [1.165, 1.54) is 0 Å². The first-order valence-corrected chi connectivity index (χ1v) is 6.58. The van der Waals surface area contributed by atoms with Crippen LogP contribution in [0.15, 0.2) is 40.0 Å². The van der Waals surface area contributed by atoms with Gasteiger partial charge in [0.15, 0.2) is 0 Å². The van der Waals surface area contributed by atoms with Crippen molar-refractivity contribution in [2.24, 2.45) is 0 Å². The van der Waals surface area contributed by atoms with Crippen LogP contribution in [0.4, 0.5) is 0 Å². The van der Waals surface area contributed by atoms with Gasteiger partial charge in [-0.15, -0.1) is 10.2 Å². The monoisotopic (exact) mass is 332 g/mol. The molecule has 1 heterocycles. The van der Waals surface area contributed by atoms with E-state index in [1.54, 1.807) is 11.8 Å². The molecule has 0 saturated heterocycles. The van der Waals surface area contributed by atoms with Gasteiger partial charge in [-0.2, -0.15) is 0 Å². The molecule has 3 nitrogen and oxygen atoms in total. The molecule has 0 bridgehead atoms. The molecule has 0 fully saturated rings. The molecule has 0 radical (unpaired) electrons. The van der Waals surface area contributed by atoms with E-state index in [2.05, 4.69) is 39.7 Å². The van der Waals surface area contributed by atoms with Crippen LogP contribution >= 0.6 is 34.4 Å². The minimum Gasteiger partial charge on any atom is -0.411 e. The second-order valence-electron chi connectivity index (χ2n) is 2.90. The van der Waals surface area contributed by atoms with Crippen molar-refractivity contribution < 1.29 is 4.42 Å². The van der Waals surface area contributed by atoms with Crippen LogP contribution in [-0.2, 0) is 0 Å². The quantitative estimate of drug-likeness (QED) is 0.489. The van der Waals surface area contributed by atoms with Crippen LogP contribution < -0.4 is 0 Å². The topological polar surface area (TPSA) is 38.9 Å². The normalized spacial score (nSPS) is 12.7. The van der Waals surface area contributed by atoms with Crippen molar-refractivity contribution in [1.29, 1.82) is 0 Å². The molecule has 15 heavy (non-hydrogen) atoms. The van der Waals surface area contributed by atoms with Crippen molar-refractivity contribution in [1.82, 2.24) is 10.2 Å². The molecule has 0 amide bonds. The second-order valence-corrected chi connectivity index (χ2v) is 6.91. The van der Waals surface area contributed by atoms with Crippen molar-refractivity contribution >= 4 is 34.4 Å². The minimum atomic E-state index is 0.423. The van der Waals surface area contributed by atoms with Gasteiger partial charge in [0, 0.05) is 5.56 Å². The molecule has 0 saturated carbocycles. The summed E-state index contributed by atoms with van der Waals surface area (Å²) in [5.41, 5.74) is 0.956. The van der Waals surface area contributed by atoms with Gasteiger partial charge in [0.05, 0.1) is 3.26 Å². The van der Waals surface area contributed by atoms with E-state index in [4.69, 9.17) is 4.42 Å². The van der Waals surface area contributed by atoms with E-state index in [1.807, 2.05) is 30.3 Å². The molecule has 1 unspecified atom stereocenters. The molecular weight excluding hydrogens is 323 g/mol. The van der Waals surface area contributed by atoms with Crippen LogP contribution in [0.25, 0.3) is 11.5 Å². The maximum absolute atomic E-state index is 5.52.